The van der Waals surface area contributed by atoms with Crippen LogP contribution in [0.25, 0.3) is 5.65 Å². The van der Waals surface area contributed by atoms with Gasteiger partial charge in [0.1, 0.15) is 0 Å². The van der Waals surface area contributed by atoms with Crippen molar-refractivity contribution in [3.63, 3.8) is 0 Å². The van der Waals surface area contributed by atoms with Gasteiger partial charge in [-0.2, -0.15) is 5.10 Å². The molecule has 0 amide bonds. The second-order valence-corrected chi connectivity index (χ2v) is 2.66. The Kier molecular flexibility index (Phi) is 1.18. The minimum absolute atomic E-state index is 0.919. The third-order valence-electron chi connectivity index (χ3n) is 1.59. The van der Waals surface area contributed by atoms with Crippen LogP contribution in [-0.2, 0) is 0 Å². The van der Waals surface area contributed by atoms with Crippen LogP contribution in [0.15, 0.2) is 18.3 Å². The highest BCUT2D eigenvalue weighted by molar-refractivity contribution is 5.38. The van der Waals surface area contributed by atoms with Crippen molar-refractivity contribution < 1.29 is 0 Å². The van der Waals surface area contributed by atoms with E-state index in [1.165, 1.54) is 0 Å². The van der Waals surface area contributed by atoms with Gasteiger partial charge in [-0.25, -0.2) is 9.50 Å². The van der Waals surface area contributed by atoms with E-state index in [9.17, 15) is 0 Å². The van der Waals surface area contributed by atoms with Crippen LogP contribution in [0.5, 0.6) is 0 Å². The summed E-state index contributed by atoms with van der Waals surface area (Å²) < 4.78 is 1.78. The van der Waals surface area contributed by atoms with E-state index in [2.05, 4.69) is 10.1 Å². The Morgan fingerprint density at radius 3 is 2.91 bits per heavy atom. The highest BCUT2D eigenvalue weighted by atomic mass is 15.2. The number of rotatable bonds is 0. The van der Waals surface area contributed by atoms with Gasteiger partial charge in [-0.3, -0.25) is 0 Å². The average molecular weight is 147 g/mol. The summed E-state index contributed by atoms with van der Waals surface area (Å²) in [5.41, 5.74) is 2.95. The first-order valence-electron chi connectivity index (χ1n) is 3.55. The van der Waals surface area contributed by atoms with E-state index in [1.54, 1.807) is 4.52 Å². The summed E-state index contributed by atoms with van der Waals surface area (Å²) in [4.78, 5) is 4.30. The largest absolute Gasteiger partial charge is 0.234 e. The van der Waals surface area contributed by atoms with Gasteiger partial charge in [0.05, 0.1) is 5.69 Å². The quantitative estimate of drug-likeness (QED) is 0.563. The first-order valence-corrected chi connectivity index (χ1v) is 3.55. The third-order valence-corrected chi connectivity index (χ3v) is 1.59. The van der Waals surface area contributed by atoms with Gasteiger partial charge in [0, 0.05) is 18.0 Å². The van der Waals surface area contributed by atoms with Gasteiger partial charge in [-0.1, -0.05) is 0 Å². The predicted molar refractivity (Wildman–Crippen MR) is 42.5 cm³/mol. The molecule has 0 saturated carbocycles. The van der Waals surface area contributed by atoms with Crippen LogP contribution in [0.1, 0.15) is 11.4 Å². The topological polar surface area (TPSA) is 30.2 Å². The smallest absolute Gasteiger partial charge is 0.155 e. The van der Waals surface area contributed by atoms with Gasteiger partial charge in [0.15, 0.2) is 5.65 Å². The van der Waals surface area contributed by atoms with E-state index in [1.807, 2.05) is 32.2 Å². The van der Waals surface area contributed by atoms with E-state index in [-0.39, 0.29) is 0 Å². The zero-order chi connectivity index (χ0) is 7.84. The number of aryl methyl sites for hydroxylation is 2. The SMILES string of the molecule is Cc1ccn2nc(C)cc2n1. The molecule has 0 aliphatic rings. The summed E-state index contributed by atoms with van der Waals surface area (Å²) in [6, 6.07) is 3.91. The summed E-state index contributed by atoms with van der Waals surface area (Å²) in [6.45, 7) is 3.94. The highest BCUT2D eigenvalue weighted by Crippen LogP contribution is 2.02. The van der Waals surface area contributed by atoms with Gasteiger partial charge in [0.25, 0.3) is 0 Å². The van der Waals surface area contributed by atoms with Gasteiger partial charge < -0.3 is 0 Å². The zero-order valence-corrected chi connectivity index (χ0v) is 6.57. The number of hydrogen-bond donors (Lipinski definition) is 0. The zero-order valence-electron chi connectivity index (χ0n) is 6.57. The Balaban J connectivity index is 2.82. The highest BCUT2D eigenvalue weighted by Gasteiger charge is 1.96. The Hall–Kier alpha value is -1.38. The molecule has 0 fully saturated rings. The maximum absolute atomic E-state index is 4.30. The number of fused-ring (bicyclic) bond motifs is 1. The minimum atomic E-state index is 0.919. The Morgan fingerprint density at radius 1 is 1.27 bits per heavy atom. The van der Waals surface area contributed by atoms with Gasteiger partial charge in [-0.05, 0) is 19.9 Å². The fourth-order valence-electron chi connectivity index (χ4n) is 1.09. The second-order valence-electron chi connectivity index (χ2n) is 2.66. The Morgan fingerprint density at radius 2 is 2.09 bits per heavy atom. The second kappa shape index (κ2) is 2.05. The van der Waals surface area contributed by atoms with Crippen LogP contribution in [0.3, 0.4) is 0 Å². The number of hydrogen-bond acceptors (Lipinski definition) is 2. The maximum Gasteiger partial charge on any atom is 0.155 e. The number of nitrogens with zero attached hydrogens (tertiary/aromatic N) is 3. The monoisotopic (exact) mass is 147 g/mol. The molecule has 0 unspecified atom stereocenters. The lowest BCUT2D eigenvalue weighted by molar-refractivity contribution is 0.909. The molecule has 3 nitrogen and oxygen atoms in total. The fraction of sp³-hybridized carbons (Fsp3) is 0.250. The van der Waals surface area contributed by atoms with Crippen LogP contribution in [0, 0.1) is 13.8 Å². The molecule has 2 heterocycles. The molecule has 0 N–H and O–H groups in total. The first-order chi connectivity index (χ1) is 5.25. The van der Waals surface area contributed by atoms with Crippen LogP contribution < -0.4 is 0 Å². The fourth-order valence-corrected chi connectivity index (χ4v) is 1.09. The predicted octanol–water partition coefficient (Wildman–Crippen LogP) is 1.35. The van der Waals surface area contributed by atoms with E-state index in [0.717, 1.165) is 17.0 Å². The molecular formula is C8H9N3. The van der Waals surface area contributed by atoms with Gasteiger partial charge >= 0.3 is 0 Å². The molecule has 0 aromatic carbocycles. The molecule has 0 saturated heterocycles. The molecule has 56 valence electrons. The van der Waals surface area contributed by atoms with E-state index >= 15 is 0 Å². The summed E-state index contributed by atoms with van der Waals surface area (Å²) in [5.74, 6) is 0. The molecule has 11 heavy (non-hydrogen) atoms. The molecule has 0 aliphatic heterocycles. The Labute approximate surface area is 64.7 Å². The molecule has 0 bridgehead atoms. The molecule has 3 heteroatoms. The standard InChI is InChI=1S/C8H9N3/c1-6-3-4-11-8(9-6)5-7(2)10-11/h3-5H,1-2H3. The molecule has 0 aliphatic carbocycles. The lowest BCUT2D eigenvalue weighted by Crippen LogP contribution is -1.90. The van der Waals surface area contributed by atoms with Crippen molar-refractivity contribution in [1.82, 2.24) is 14.6 Å². The molecule has 0 atom stereocenters. The summed E-state index contributed by atoms with van der Waals surface area (Å²) >= 11 is 0. The maximum atomic E-state index is 4.30. The molecule has 2 rings (SSSR count). The molecule has 0 radical (unpaired) electrons. The first kappa shape index (κ1) is 6.34. The van der Waals surface area contributed by atoms with E-state index in [0.29, 0.717) is 0 Å². The summed E-state index contributed by atoms with van der Waals surface area (Å²) in [7, 11) is 0. The van der Waals surface area contributed by atoms with Crippen LogP contribution in [0.4, 0.5) is 0 Å². The van der Waals surface area contributed by atoms with Crippen LogP contribution in [-0.4, -0.2) is 14.6 Å². The van der Waals surface area contributed by atoms with Crippen molar-refractivity contribution >= 4 is 5.65 Å². The van der Waals surface area contributed by atoms with Crippen molar-refractivity contribution in [2.45, 2.75) is 13.8 Å². The van der Waals surface area contributed by atoms with Crippen molar-refractivity contribution in [1.29, 1.82) is 0 Å². The van der Waals surface area contributed by atoms with E-state index < -0.39 is 0 Å². The van der Waals surface area contributed by atoms with E-state index in [4.69, 9.17) is 0 Å². The Bertz CT molecular complexity index is 389. The average Bonchev–Trinajstić information content (AvgIpc) is 2.27. The summed E-state index contributed by atoms with van der Waals surface area (Å²) in [5, 5.41) is 4.21. The normalized spacial score (nSPS) is 10.7. The van der Waals surface area contributed by atoms with Gasteiger partial charge in [-0.15, -0.1) is 0 Å². The van der Waals surface area contributed by atoms with Crippen LogP contribution >= 0.6 is 0 Å². The van der Waals surface area contributed by atoms with Crippen molar-refractivity contribution in [3.05, 3.63) is 29.7 Å². The lowest BCUT2D eigenvalue weighted by atomic mass is 10.4. The summed E-state index contributed by atoms with van der Waals surface area (Å²) in [6.07, 6.45) is 1.92. The molecule has 2 aromatic rings. The van der Waals surface area contributed by atoms with Crippen molar-refractivity contribution in [2.75, 3.05) is 0 Å². The molecule has 2 aromatic heterocycles. The minimum Gasteiger partial charge on any atom is -0.234 e. The lowest BCUT2D eigenvalue weighted by Gasteiger charge is -1.91. The number of aromatic nitrogens is 3. The van der Waals surface area contributed by atoms with Crippen molar-refractivity contribution in [3.8, 4) is 0 Å². The van der Waals surface area contributed by atoms with Crippen LogP contribution in [0.2, 0.25) is 0 Å². The molecule has 0 spiro atoms. The molecular weight excluding hydrogens is 138 g/mol. The van der Waals surface area contributed by atoms with Crippen molar-refractivity contribution in [2.24, 2.45) is 0 Å². The third kappa shape index (κ3) is 0.981. The van der Waals surface area contributed by atoms with Gasteiger partial charge in [0.2, 0.25) is 0 Å².